The third-order valence-electron chi connectivity index (χ3n) is 3.64. The van der Waals surface area contributed by atoms with Gasteiger partial charge in [0.25, 0.3) is 0 Å². The zero-order valence-corrected chi connectivity index (χ0v) is 14.9. The van der Waals surface area contributed by atoms with Crippen LogP contribution in [0.1, 0.15) is 46.9 Å². The molecule has 2 aromatic rings. The fourth-order valence-corrected chi connectivity index (χ4v) is 3.26. The standard InChI is InChI=1S/C14H16N2O6S2/c1-8(13-9(2)15-21-11(13)4-6-23(17)18)14-10(3)16-22-12(14)5-7-24(19)20/h6-8H,4-5H2,1-3H3. The molecule has 0 saturated heterocycles. The molecular formula is C14H16N2O6S2. The van der Waals surface area contributed by atoms with Crippen LogP contribution in [0.15, 0.2) is 9.05 Å². The zero-order chi connectivity index (χ0) is 17.9. The average molecular weight is 372 g/mol. The van der Waals surface area contributed by atoms with Crippen LogP contribution in [-0.4, -0.2) is 37.9 Å². The smallest absolute Gasteiger partial charge is 0.210 e. The molecule has 24 heavy (non-hydrogen) atoms. The molecule has 0 amide bonds. The van der Waals surface area contributed by atoms with E-state index in [1.165, 1.54) is 0 Å². The summed E-state index contributed by atoms with van der Waals surface area (Å²) in [4.78, 5) is 0. The second-order valence-electron chi connectivity index (χ2n) is 5.19. The largest absolute Gasteiger partial charge is 0.360 e. The minimum Gasteiger partial charge on any atom is -0.360 e. The normalized spacial score (nSPS) is 10.8. The highest BCUT2D eigenvalue weighted by Gasteiger charge is 2.26. The minimum absolute atomic E-state index is 0.0903. The van der Waals surface area contributed by atoms with Crippen molar-refractivity contribution in [3.63, 3.8) is 0 Å². The van der Waals surface area contributed by atoms with Crippen LogP contribution >= 0.6 is 0 Å². The summed E-state index contributed by atoms with van der Waals surface area (Å²) >= 11 is 0. The number of aryl methyl sites for hydroxylation is 2. The summed E-state index contributed by atoms with van der Waals surface area (Å²) in [6.45, 7) is 5.40. The molecule has 0 radical (unpaired) electrons. The Kier molecular flexibility index (Phi) is 5.73. The Balaban J connectivity index is 2.48. The second-order valence-corrected chi connectivity index (χ2v) is 6.90. The van der Waals surface area contributed by atoms with E-state index in [0.29, 0.717) is 22.9 Å². The first-order valence-corrected chi connectivity index (χ1v) is 9.31. The molecule has 2 heterocycles. The Bertz CT molecular complexity index is 914. The van der Waals surface area contributed by atoms with Crippen LogP contribution in [0.25, 0.3) is 0 Å². The van der Waals surface area contributed by atoms with E-state index >= 15 is 0 Å². The molecule has 0 atom stereocenters. The van der Waals surface area contributed by atoms with E-state index in [1.807, 2.05) is 6.92 Å². The molecule has 2 rings (SSSR count). The summed E-state index contributed by atoms with van der Waals surface area (Å²) in [6.07, 6.45) is 0.181. The van der Waals surface area contributed by atoms with Gasteiger partial charge in [-0.15, -0.1) is 0 Å². The highest BCUT2D eigenvalue weighted by Crippen LogP contribution is 2.33. The van der Waals surface area contributed by atoms with Gasteiger partial charge in [-0.25, -0.2) is 0 Å². The van der Waals surface area contributed by atoms with E-state index in [0.717, 1.165) is 21.9 Å². The van der Waals surface area contributed by atoms with Crippen molar-refractivity contribution >= 4 is 31.3 Å². The molecule has 2 aromatic heterocycles. The lowest BCUT2D eigenvalue weighted by molar-refractivity contribution is 0.386. The van der Waals surface area contributed by atoms with Crippen LogP contribution in [0.4, 0.5) is 0 Å². The van der Waals surface area contributed by atoms with Crippen molar-refractivity contribution in [2.45, 2.75) is 39.5 Å². The van der Waals surface area contributed by atoms with Gasteiger partial charge in [0.05, 0.1) is 11.4 Å². The highest BCUT2D eigenvalue weighted by atomic mass is 32.2. The lowest BCUT2D eigenvalue weighted by atomic mass is 9.89. The molecule has 130 valence electrons. The summed E-state index contributed by atoms with van der Waals surface area (Å²) in [5, 5.41) is 9.99. The zero-order valence-electron chi connectivity index (χ0n) is 13.3. The molecular weight excluding hydrogens is 356 g/mol. The molecule has 0 aliphatic carbocycles. The maximum Gasteiger partial charge on any atom is 0.210 e. The lowest BCUT2D eigenvalue weighted by Gasteiger charge is -2.12. The van der Waals surface area contributed by atoms with Gasteiger partial charge in [-0.05, 0) is 13.8 Å². The predicted octanol–water partition coefficient (Wildman–Crippen LogP) is 0.879. The summed E-state index contributed by atoms with van der Waals surface area (Å²) < 4.78 is 53.4. The van der Waals surface area contributed by atoms with Crippen molar-refractivity contribution in [1.82, 2.24) is 10.3 Å². The SMILES string of the molecule is Cc1noc(CC=S(=O)=O)c1C(C)c1c(C)noc1CC=S(=O)=O. The topological polar surface area (TPSA) is 120 Å². The number of hydrogen-bond donors (Lipinski definition) is 0. The Hall–Kier alpha value is -2.20. The van der Waals surface area contributed by atoms with Crippen LogP contribution in [0.2, 0.25) is 0 Å². The minimum atomic E-state index is -2.30. The summed E-state index contributed by atoms with van der Waals surface area (Å²) in [5.41, 5.74) is 2.75. The third-order valence-corrected chi connectivity index (χ3v) is 4.52. The van der Waals surface area contributed by atoms with E-state index in [9.17, 15) is 16.8 Å². The third kappa shape index (κ3) is 4.01. The molecule has 0 aromatic carbocycles. The Labute approximate surface area is 141 Å². The van der Waals surface area contributed by atoms with E-state index in [1.54, 1.807) is 13.8 Å². The van der Waals surface area contributed by atoms with Gasteiger partial charge in [-0.3, -0.25) is 0 Å². The van der Waals surface area contributed by atoms with Crippen LogP contribution in [-0.2, 0) is 33.4 Å². The van der Waals surface area contributed by atoms with Crippen molar-refractivity contribution < 1.29 is 25.9 Å². The number of hydrogen-bond acceptors (Lipinski definition) is 8. The molecule has 0 saturated carbocycles. The van der Waals surface area contributed by atoms with Crippen LogP contribution in [0, 0.1) is 13.8 Å². The van der Waals surface area contributed by atoms with Crippen LogP contribution in [0.5, 0.6) is 0 Å². The molecule has 0 aliphatic heterocycles. The lowest BCUT2D eigenvalue weighted by Crippen LogP contribution is -2.05. The second kappa shape index (κ2) is 7.58. The number of rotatable bonds is 6. The van der Waals surface area contributed by atoms with Gasteiger partial charge in [0.15, 0.2) is 0 Å². The molecule has 0 aliphatic rings. The molecule has 10 heteroatoms. The van der Waals surface area contributed by atoms with Crippen LogP contribution in [0.3, 0.4) is 0 Å². The fourth-order valence-electron chi connectivity index (χ4n) is 2.68. The van der Waals surface area contributed by atoms with Gasteiger partial charge in [0, 0.05) is 40.6 Å². The first-order valence-electron chi connectivity index (χ1n) is 7.04. The van der Waals surface area contributed by atoms with Crippen molar-refractivity contribution in [3.05, 3.63) is 34.0 Å². The van der Waals surface area contributed by atoms with Gasteiger partial charge < -0.3 is 9.05 Å². The van der Waals surface area contributed by atoms with Gasteiger partial charge in [-0.1, -0.05) is 17.2 Å². The van der Waals surface area contributed by atoms with E-state index in [4.69, 9.17) is 9.05 Å². The maximum absolute atomic E-state index is 10.7. The molecule has 0 bridgehead atoms. The molecule has 0 spiro atoms. The van der Waals surface area contributed by atoms with Gasteiger partial charge in [0.1, 0.15) is 11.5 Å². The maximum atomic E-state index is 10.7. The molecule has 0 unspecified atom stereocenters. The highest BCUT2D eigenvalue weighted by molar-refractivity contribution is 7.71. The van der Waals surface area contributed by atoms with Crippen molar-refractivity contribution in [3.8, 4) is 0 Å². The van der Waals surface area contributed by atoms with E-state index in [-0.39, 0.29) is 18.8 Å². The predicted molar refractivity (Wildman–Crippen MR) is 87.4 cm³/mol. The van der Waals surface area contributed by atoms with Gasteiger partial charge >= 0.3 is 0 Å². The quantitative estimate of drug-likeness (QED) is 0.685. The molecule has 8 nitrogen and oxygen atoms in total. The van der Waals surface area contributed by atoms with Gasteiger partial charge in [-0.2, -0.15) is 16.8 Å². The summed E-state index contributed by atoms with van der Waals surface area (Å²) in [7, 11) is -4.60. The van der Waals surface area contributed by atoms with Crippen LogP contribution < -0.4 is 0 Å². The van der Waals surface area contributed by atoms with Crippen molar-refractivity contribution in [2.24, 2.45) is 0 Å². The average Bonchev–Trinajstić information content (AvgIpc) is 3.05. The van der Waals surface area contributed by atoms with Gasteiger partial charge in [0.2, 0.25) is 20.6 Å². The number of aromatic nitrogens is 2. The molecule has 0 N–H and O–H groups in total. The number of nitrogens with zero attached hydrogens (tertiary/aromatic N) is 2. The first-order chi connectivity index (χ1) is 11.3. The van der Waals surface area contributed by atoms with E-state index in [2.05, 4.69) is 10.3 Å². The summed E-state index contributed by atoms with van der Waals surface area (Å²) in [5.74, 6) is 0.633. The van der Waals surface area contributed by atoms with Crippen molar-refractivity contribution in [2.75, 3.05) is 0 Å². The Morgan fingerprint density at radius 2 is 1.25 bits per heavy atom. The monoisotopic (exact) mass is 372 g/mol. The molecule has 0 fully saturated rings. The first kappa shape index (κ1) is 18.1. The summed E-state index contributed by atoms with van der Waals surface area (Å²) in [6, 6.07) is 0. The Morgan fingerprint density at radius 3 is 1.58 bits per heavy atom. The Morgan fingerprint density at radius 1 is 0.875 bits per heavy atom. The van der Waals surface area contributed by atoms with E-state index < -0.39 is 20.6 Å². The fraction of sp³-hybridized carbons (Fsp3) is 0.429. The van der Waals surface area contributed by atoms with Crippen molar-refractivity contribution in [1.29, 1.82) is 0 Å².